The lowest BCUT2D eigenvalue weighted by molar-refractivity contribution is 0.0953. The Bertz CT molecular complexity index is 374. The second kappa shape index (κ2) is 5.91. The summed E-state index contributed by atoms with van der Waals surface area (Å²) in [7, 11) is 0. The predicted molar refractivity (Wildman–Crippen MR) is 71.1 cm³/mol. The number of carbonyl (C=O) groups excluding carboxylic acids is 1. The van der Waals surface area contributed by atoms with Gasteiger partial charge in [-0.3, -0.25) is 4.79 Å². The SMILES string of the molecule is Nc1ccc(C(=O)NCC2CCCCS2)cn1. The van der Waals surface area contributed by atoms with Crippen molar-refractivity contribution in [2.45, 2.75) is 24.5 Å². The molecular formula is C12H17N3OS. The van der Waals surface area contributed by atoms with Crippen molar-refractivity contribution in [1.82, 2.24) is 10.3 Å². The van der Waals surface area contributed by atoms with Crippen molar-refractivity contribution in [1.29, 1.82) is 0 Å². The third-order valence-corrected chi connectivity index (χ3v) is 4.21. The fourth-order valence-electron chi connectivity index (χ4n) is 1.82. The number of anilines is 1. The minimum Gasteiger partial charge on any atom is -0.384 e. The molecule has 1 aromatic rings. The van der Waals surface area contributed by atoms with Crippen LogP contribution in [-0.2, 0) is 0 Å². The summed E-state index contributed by atoms with van der Waals surface area (Å²) in [6, 6.07) is 3.34. The molecule has 0 radical (unpaired) electrons. The van der Waals surface area contributed by atoms with Gasteiger partial charge >= 0.3 is 0 Å². The summed E-state index contributed by atoms with van der Waals surface area (Å²) < 4.78 is 0. The third-order valence-electron chi connectivity index (χ3n) is 2.81. The quantitative estimate of drug-likeness (QED) is 0.857. The van der Waals surface area contributed by atoms with Crippen molar-refractivity contribution in [3.05, 3.63) is 23.9 Å². The molecule has 0 aromatic carbocycles. The van der Waals surface area contributed by atoms with Crippen LogP contribution < -0.4 is 11.1 Å². The Morgan fingerprint density at radius 2 is 2.41 bits per heavy atom. The molecule has 1 atom stereocenters. The minimum absolute atomic E-state index is 0.0660. The maximum atomic E-state index is 11.8. The highest BCUT2D eigenvalue weighted by Gasteiger charge is 2.15. The van der Waals surface area contributed by atoms with E-state index in [2.05, 4.69) is 10.3 Å². The molecule has 0 spiro atoms. The molecule has 1 aliphatic rings. The Kier molecular flexibility index (Phi) is 4.25. The Balaban J connectivity index is 1.82. The van der Waals surface area contributed by atoms with E-state index in [9.17, 15) is 4.79 Å². The van der Waals surface area contributed by atoms with Crippen LogP contribution in [0.4, 0.5) is 5.82 Å². The molecule has 2 heterocycles. The number of carbonyl (C=O) groups is 1. The molecule has 1 unspecified atom stereocenters. The number of aromatic nitrogens is 1. The van der Waals surface area contributed by atoms with Gasteiger partial charge in [0, 0.05) is 18.0 Å². The van der Waals surface area contributed by atoms with Crippen LogP contribution in [0.15, 0.2) is 18.3 Å². The van der Waals surface area contributed by atoms with E-state index < -0.39 is 0 Å². The Morgan fingerprint density at radius 1 is 1.53 bits per heavy atom. The highest BCUT2D eigenvalue weighted by Crippen LogP contribution is 2.24. The minimum atomic E-state index is -0.0660. The highest BCUT2D eigenvalue weighted by atomic mass is 32.2. The van der Waals surface area contributed by atoms with Gasteiger partial charge < -0.3 is 11.1 Å². The number of nitrogens with two attached hydrogens (primary N) is 1. The van der Waals surface area contributed by atoms with E-state index in [1.165, 1.54) is 31.2 Å². The van der Waals surface area contributed by atoms with Gasteiger partial charge in [-0.05, 0) is 30.7 Å². The van der Waals surface area contributed by atoms with Gasteiger partial charge in [-0.25, -0.2) is 4.98 Å². The standard InChI is InChI=1S/C12H17N3OS/c13-11-5-4-9(7-14-11)12(16)15-8-10-3-1-2-6-17-10/h4-5,7,10H,1-3,6,8H2,(H2,13,14)(H,15,16). The summed E-state index contributed by atoms with van der Waals surface area (Å²) in [5, 5.41) is 3.51. The van der Waals surface area contributed by atoms with Gasteiger partial charge in [-0.1, -0.05) is 6.42 Å². The number of hydrogen-bond acceptors (Lipinski definition) is 4. The average molecular weight is 251 g/mol. The molecule has 1 saturated heterocycles. The van der Waals surface area contributed by atoms with Crippen LogP contribution in [0.25, 0.3) is 0 Å². The molecule has 5 heteroatoms. The Hall–Kier alpha value is -1.23. The van der Waals surface area contributed by atoms with Crippen molar-refractivity contribution in [3.63, 3.8) is 0 Å². The third kappa shape index (κ3) is 3.63. The smallest absolute Gasteiger partial charge is 0.252 e. The first kappa shape index (κ1) is 12.2. The van der Waals surface area contributed by atoms with Crippen molar-refractivity contribution >= 4 is 23.5 Å². The first-order chi connectivity index (χ1) is 8.25. The molecule has 92 valence electrons. The highest BCUT2D eigenvalue weighted by molar-refractivity contribution is 7.99. The van der Waals surface area contributed by atoms with E-state index in [1.807, 2.05) is 11.8 Å². The number of pyridine rings is 1. The summed E-state index contributed by atoms with van der Waals surface area (Å²) in [5.41, 5.74) is 6.04. The summed E-state index contributed by atoms with van der Waals surface area (Å²) in [6.07, 6.45) is 5.29. The number of nitrogen functional groups attached to an aromatic ring is 1. The number of amides is 1. The molecule has 2 rings (SSSR count). The van der Waals surface area contributed by atoms with Gasteiger partial charge in [0.15, 0.2) is 0 Å². The molecule has 0 saturated carbocycles. The lowest BCUT2D eigenvalue weighted by Crippen LogP contribution is -2.31. The number of thioether (sulfide) groups is 1. The lowest BCUT2D eigenvalue weighted by atomic mass is 10.2. The fraction of sp³-hybridized carbons (Fsp3) is 0.500. The summed E-state index contributed by atoms with van der Waals surface area (Å²) in [4.78, 5) is 15.7. The van der Waals surface area contributed by atoms with E-state index >= 15 is 0 Å². The molecule has 1 fully saturated rings. The monoisotopic (exact) mass is 251 g/mol. The molecular weight excluding hydrogens is 234 g/mol. The molecule has 3 N–H and O–H groups in total. The zero-order valence-electron chi connectivity index (χ0n) is 9.69. The number of nitrogens with zero attached hydrogens (tertiary/aromatic N) is 1. The van der Waals surface area contributed by atoms with Gasteiger partial charge in [0.2, 0.25) is 0 Å². The van der Waals surface area contributed by atoms with Gasteiger partial charge in [0.25, 0.3) is 5.91 Å². The van der Waals surface area contributed by atoms with Gasteiger partial charge in [0.1, 0.15) is 5.82 Å². The Morgan fingerprint density at radius 3 is 3.06 bits per heavy atom. The molecule has 17 heavy (non-hydrogen) atoms. The largest absolute Gasteiger partial charge is 0.384 e. The van der Waals surface area contributed by atoms with Crippen LogP contribution in [0, 0.1) is 0 Å². The second-order valence-electron chi connectivity index (χ2n) is 4.17. The molecule has 0 bridgehead atoms. The molecule has 4 nitrogen and oxygen atoms in total. The van der Waals surface area contributed by atoms with Crippen LogP contribution >= 0.6 is 11.8 Å². The van der Waals surface area contributed by atoms with Crippen molar-refractivity contribution in [2.75, 3.05) is 18.0 Å². The van der Waals surface area contributed by atoms with Crippen LogP contribution in [-0.4, -0.2) is 28.4 Å². The van der Waals surface area contributed by atoms with Crippen molar-refractivity contribution < 1.29 is 4.79 Å². The molecule has 1 amide bonds. The molecule has 1 aliphatic heterocycles. The topological polar surface area (TPSA) is 68.0 Å². The van der Waals surface area contributed by atoms with Crippen molar-refractivity contribution in [2.24, 2.45) is 0 Å². The van der Waals surface area contributed by atoms with Crippen LogP contribution in [0.1, 0.15) is 29.6 Å². The average Bonchev–Trinajstić information content (AvgIpc) is 2.38. The molecule has 1 aromatic heterocycles. The maximum absolute atomic E-state index is 11.8. The van der Waals surface area contributed by atoms with E-state index in [-0.39, 0.29) is 5.91 Å². The second-order valence-corrected chi connectivity index (χ2v) is 5.58. The van der Waals surface area contributed by atoms with Gasteiger partial charge in [-0.2, -0.15) is 11.8 Å². The normalized spacial score (nSPS) is 19.9. The van der Waals surface area contributed by atoms with E-state index in [0.717, 1.165) is 6.54 Å². The van der Waals surface area contributed by atoms with E-state index in [4.69, 9.17) is 5.73 Å². The van der Waals surface area contributed by atoms with Crippen LogP contribution in [0.5, 0.6) is 0 Å². The fourth-order valence-corrected chi connectivity index (χ4v) is 3.06. The zero-order chi connectivity index (χ0) is 12.1. The van der Waals surface area contributed by atoms with E-state index in [1.54, 1.807) is 12.1 Å². The van der Waals surface area contributed by atoms with Gasteiger partial charge in [0.05, 0.1) is 5.56 Å². The lowest BCUT2D eigenvalue weighted by Gasteiger charge is -2.21. The van der Waals surface area contributed by atoms with Crippen LogP contribution in [0.3, 0.4) is 0 Å². The predicted octanol–water partition coefficient (Wildman–Crippen LogP) is 1.68. The first-order valence-electron chi connectivity index (χ1n) is 5.87. The Labute approximate surface area is 105 Å². The maximum Gasteiger partial charge on any atom is 0.252 e. The van der Waals surface area contributed by atoms with Gasteiger partial charge in [-0.15, -0.1) is 0 Å². The number of nitrogens with one attached hydrogen (secondary N) is 1. The first-order valence-corrected chi connectivity index (χ1v) is 6.92. The number of hydrogen-bond donors (Lipinski definition) is 2. The summed E-state index contributed by atoms with van der Waals surface area (Å²) in [5.74, 6) is 1.58. The summed E-state index contributed by atoms with van der Waals surface area (Å²) in [6.45, 7) is 0.744. The van der Waals surface area contributed by atoms with E-state index in [0.29, 0.717) is 16.6 Å². The molecule has 0 aliphatic carbocycles. The summed E-state index contributed by atoms with van der Waals surface area (Å²) >= 11 is 1.95. The van der Waals surface area contributed by atoms with Crippen LogP contribution in [0.2, 0.25) is 0 Å². The number of rotatable bonds is 3. The van der Waals surface area contributed by atoms with Crippen molar-refractivity contribution in [3.8, 4) is 0 Å². The zero-order valence-corrected chi connectivity index (χ0v) is 10.5.